The summed E-state index contributed by atoms with van der Waals surface area (Å²) in [6.45, 7) is 10.1. The molecule has 0 unspecified atom stereocenters. The number of nitrogens with zero attached hydrogens (tertiary/aromatic N) is 1. The van der Waals surface area contributed by atoms with Gasteiger partial charge in [0.05, 0.1) is 16.8 Å². The van der Waals surface area contributed by atoms with Gasteiger partial charge in [0.2, 0.25) is 0 Å². The zero-order chi connectivity index (χ0) is 14.5. The Balaban J connectivity index is 1.89. The molecule has 1 aromatic rings. The number of aromatic nitrogens is 1. The molecule has 2 aliphatic heterocycles. The first-order valence-corrected chi connectivity index (χ1v) is 7.40. The fourth-order valence-corrected chi connectivity index (χ4v) is 2.55. The van der Waals surface area contributed by atoms with Gasteiger partial charge in [-0.05, 0) is 39.8 Å². The van der Waals surface area contributed by atoms with Crippen molar-refractivity contribution in [3.63, 3.8) is 0 Å². The van der Waals surface area contributed by atoms with Crippen molar-refractivity contribution < 1.29 is 9.31 Å². The number of nitrogens with one attached hydrogen (secondary N) is 1. The van der Waals surface area contributed by atoms with E-state index in [9.17, 15) is 0 Å². The second kappa shape index (κ2) is 4.70. The van der Waals surface area contributed by atoms with Crippen LogP contribution < -0.4 is 10.9 Å². The summed E-state index contributed by atoms with van der Waals surface area (Å²) in [5.74, 6) is 0.440. The average molecular weight is 295 g/mol. The lowest BCUT2D eigenvalue weighted by molar-refractivity contribution is 0.00578. The Hall–Kier alpha value is -0.615. The number of hydrogen-bond acceptors (Lipinski definition) is 4. The molecule has 0 aliphatic carbocycles. The highest BCUT2D eigenvalue weighted by Gasteiger charge is 2.52. The third-order valence-corrected chi connectivity index (χ3v) is 4.74. The van der Waals surface area contributed by atoms with Crippen molar-refractivity contribution in [2.45, 2.75) is 44.8 Å². The molecule has 6 heteroatoms. The average Bonchev–Trinajstić information content (AvgIpc) is 2.45. The number of rotatable bonds is 2. The Bertz CT molecular complexity index is 516. The third kappa shape index (κ3) is 2.37. The third-order valence-electron chi connectivity index (χ3n) is 4.52. The van der Waals surface area contributed by atoms with Gasteiger partial charge in [0.15, 0.2) is 0 Å². The van der Waals surface area contributed by atoms with Crippen LogP contribution >= 0.6 is 11.6 Å². The molecule has 0 spiro atoms. The Kier molecular flexibility index (Phi) is 3.37. The molecule has 0 amide bonds. The van der Waals surface area contributed by atoms with E-state index < -0.39 is 7.12 Å². The van der Waals surface area contributed by atoms with E-state index in [1.807, 2.05) is 39.8 Å². The van der Waals surface area contributed by atoms with E-state index in [0.29, 0.717) is 10.9 Å². The van der Waals surface area contributed by atoms with Crippen molar-refractivity contribution in [3.8, 4) is 0 Å². The van der Waals surface area contributed by atoms with Crippen molar-refractivity contribution in [3.05, 3.63) is 22.8 Å². The van der Waals surface area contributed by atoms with Crippen molar-refractivity contribution in [1.29, 1.82) is 0 Å². The van der Waals surface area contributed by atoms with Crippen LogP contribution in [0.1, 0.15) is 39.3 Å². The molecule has 2 fully saturated rings. The SMILES string of the molecule is CC1(C)OB(c2cc(Cl)cc(C3CNC3)n2)OC1(C)C. The standard InChI is InChI=1S/C14H20BClN2O2/c1-13(2)14(3,4)20-15(19-13)12-6-10(16)5-11(18-12)9-7-17-8-9/h5-6,9,17H,7-8H2,1-4H3. The lowest BCUT2D eigenvalue weighted by Gasteiger charge is -2.32. The van der Waals surface area contributed by atoms with Gasteiger partial charge in [-0.3, -0.25) is 4.98 Å². The highest BCUT2D eigenvalue weighted by atomic mass is 35.5. The second-order valence-electron chi connectivity index (χ2n) is 6.58. The van der Waals surface area contributed by atoms with Crippen LogP contribution in [-0.2, 0) is 9.31 Å². The van der Waals surface area contributed by atoms with Gasteiger partial charge in [0, 0.05) is 29.7 Å². The highest BCUT2D eigenvalue weighted by Crippen LogP contribution is 2.36. The van der Waals surface area contributed by atoms with Gasteiger partial charge in [-0.2, -0.15) is 0 Å². The molecular weight excluding hydrogens is 274 g/mol. The normalized spacial score (nSPS) is 24.8. The predicted octanol–water partition coefficient (Wildman–Crippen LogP) is 1.72. The van der Waals surface area contributed by atoms with Crippen molar-refractivity contribution in [2.24, 2.45) is 0 Å². The highest BCUT2D eigenvalue weighted by molar-refractivity contribution is 6.61. The molecule has 108 valence electrons. The molecule has 2 saturated heterocycles. The minimum absolute atomic E-state index is 0.361. The van der Waals surface area contributed by atoms with Gasteiger partial charge in [0.25, 0.3) is 0 Å². The van der Waals surface area contributed by atoms with Crippen molar-refractivity contribution in [1.82, 2.24) is 10.3 Å². The van der Waals surface area contributed by atoms with E-state index in [0.717, 1.165) is 24.4 Å². The van der Waals surface area contributed by atoms with E-state index in [-0.39, 0.29) is 11.2 Å². The first-order chi connectivity index (χ1) is 9.28. The van der Waals surface area contributed by atoms with Gasteiger partial charge < -0.3 is 14.6 Å². The summed E-state index contributed by atoms with van der Waals surface area (Å²) in [6, 6.07) is 3.76. The van der Waals surface area contributed by atoms with Crippen LogP contribution in [0.4, 0.5) is 0 Å². The van der Waals surface area contributed by atoms with E-state index in [1.54, 1.807) is 0 Å². The van der Waals surface area contributed by atoms with Crippen molar-refractivity contribution in [2.75, 3.05) is 13.1 Å². The summed E-state index contributed by atoms with van der Waals surface area (Å²) >= 11 is 6.22. The maximum absolute atomic E-state index is 6.22. The molecule has 0 atom stereocenters. The summed E-state index contributed by atoms with van der Waals surface area (Å²) in [5.41, 5.74) is 1.05. The Morgan fingerprint density at radius 3 is 2.30 bits per heavy atom. The van der Waals surface area contributed by atoms with E-state index >= 15 is 0 Å². The summed E-state index contributed by atoms with van der Waals surface area (Å²) in [4.78, 5) is 4.69. The molecule has 20 heavy (non-hydrogen) atoms. The molecule has 0 bridgehead atoms. The Morgan fingerprint density at radius 2 is 1.80 bits per heavy atom. The minimum atomic E-state index is -0.453. The zero-order valence-electron chi connectivity index (χ0n) is 12.4. The van der Waals surface area contributed by atoms with E-state index in [1.165, 1.54) is 0 Å². The fourth-order valence-electron chi connectivity index (χ4n) is 2.33. The van der Waals surface area contributed by atoms with Crippen LogP contribution in [0, 0.1) is 0 Å². The largest absolute Gasteiger partial charge is 0.514 e. The molecule has 4 nitrogen and oxygen atoms in total. The molecule has 0 radical (unpaired) electrons. The second-order valence-corrected chi connectivity index (χ2v) is 7.01. The number of pyridine rings is 1. The molecule has 0 aromatic carbocycles. The maximum Gasteiger partial charge on any atom is 0.514 e. The number of hydrogen-bond donors (Lipinski definition) is 1. The van der Waals surface area contributed by atoms with Crippen LogP contribution in [0.25, 0.3) is 0 Å². The number of halogens is 1. The maximum atomic E-state index is 6.22. The lowest BCUT2D eigenvalue weighted by Crippen LogP contribution is -2.43. The van der Waals surface area contributed by atoms with Gasteiger partial charge >= 0.3 is 7.12 Å². The molecule has 1 aromatic heterocycles. The van der Waals surface area contributed by atoms with E-state index in [4.69, 9.17) is 25.9 Å². The quantitative estimate of drug-likeness (QED) is 0.844. The van der Waals surface area contributed by atoms with Crippen LogP contribution in [-0.4, -0.2) is 36.4 Å². The molecule has 3 heterocycles. The smallest absolute Gasteiger partial charge is 0.398 e. The summed E-state index contributed by atoms with van der Waals surface area (Å²) in [6.07, 6.45) is 0. The van der Waals surface area contributed by atoms with Crippen LogP contribution in [0.2, 0.25) is 5.02 Å². The topological polar surface area (TPSA) is 43.4 Å². The lowest BCUT2D eigenvalue weighted by atomic mass is 9.83. The van der Waals surface area contributed by atoms with Crippen LogP contribution in [0.3, 0.4) is 0 Å². The van der Waals surface area contributed by atoms with Gasteiger partial charge in [-0.1, -0.05) is 11.6 Å². The fraction of sp³-hybridized carbons (Fsp3) is 0.643. The van der Waals surface area contributed by atoms with E-state index in [2.05, 4.69) is 5.32 Å². The zero-order valence-corrected chi connectivity index (χ0v) is 13.1. The first-order valence-electron chi connectivity index (χ1n) is 7.02. The summed E-state index contributed by atoms with van der Waals surface area (Å²) in [5, 5.41) is 3.94. The molecule has 2 aliphatic rings. The van der Waals surface area contributed by atoms with Gasteiger partial charge in [0.1, 0.15) is 0 Å². The predicted molar refractivity (Wildman–Crippen MR) is 80.6 cm³/mol. The monoisotopic (exact) mass is 294 g/mol. The van der Waals surface area contributed by atoms with Crippen molar-refractivity contribution >= 4 is 24.3 Å². The van der Waals surface area contributed by atoms with Gasteiger partial charge in [-0.15, -0.1) is 0 Å². The summed E-state index contributed by atoms with van der Waals surface area (Å²) in [7, 11) is -0.453. The Morgan fingerprint density at radius 1 is 1.20 bits per heavy atom. The van der Waals surface area contributed by atoms with Crippen LogP contribution in [0.15, 0.2) is 12.1 Å². The molecule has 1 N–H and O–H groups in total. The Labute approximate surface area is 125 Å². The minimum Gasteiger partial charge on any atom is -0.398 e. The molecule has 3 rings (SSSR count). The molecular formula is C14H20BClN2O2. The van der Waals surface area contributed by atoms with Gasteiger partial charge in [-0.25, -0.2) is 0 Å². The molecule has 0 saturated carbocycles. The van der Waals surface area contributed by atoms with Crippen LogP contribution in [0.5, 0.6) is 0 Å². The summed E-state index contributed by atoms with van der Waals surface area (Å²) < 4.78 is 12.1. The first kappa shape index (κ1) is 14.3.